The van der Waals surface area contributed by atoms with E-state index in [0.29, 0.717) is 18.4 Å². The molecule has 0 heterocycles. The van der Waals surface area contributed by atoms with Crippen molar-refractivity contribution in [2.75, 3.05) is 23.8 Å². The van der Waals surface area contributed by atoms with Gasteiger partial charge in [-0.25, -0.2) is 8.78 Å². The van der Waals surface area contributed by atoms with Gasteiger partial charge in [0.25, 0.3) is 5.91 Å². The van der Waals surface area contributed by atoms with Crippen LogP contribution in [0.15, 0.2) is 78.9 Å². The molecule has 0 saturated heterocycles. The highest BCUT2D eigenvalue weighted by Gasteiger charge is 2.40. The van der Waals surface area contributed by atoms with Crippen molar-refractivity contribution in [3.05, 3.63) is 113 Å². The van der Waals surface area contributed by atoms with E-state index in [1.54, 1.807) is 6.92 Å². The topological polar surface area (TPSA) is 79.8 Å². The molecule has 0 aromatic heterocycles. The molecule has 44 heavy (non-hydrogen) atoms. The first-order chi connectivity index (χ1) is 21.0. The smallest absolute Gasteiger partial charge is 0.416 e. The van der Waals surface area contributed by atoms with E-state index in [1.807, 2.05) is 30.3 Å². The first-order valence-corrected chi connectivity index (χ1v) is 13.9. The van der Waals surface area contributed by atoms with Gasteiger partial charge in [-0.1, -0.05) is 18.2 Å². The summed E-state index contributed by atoms with van der Waals surface area (Å²) < 4.78 is 81.7. The molecule has 1 aliphatic carbocycles. The summed E-state index contributed by atoms with van der Waals surface area (Å²) in [5.41, 5.74) is -0.159. The Morgan fingerprint density at radius 3 is 2.36 bits per heavy atom. The molecule has 6 nitrogen and oxygen atoms in total. The highest BCUT2D eigenvalue weighted by Crippen LogP contribution is 2.48. The molecule has 1 fully saturated rings. The number of nitrogens with one attached hydrogen (secondary N) is 2. The van der Waals surface area contributed by atoms with Crippen molar-refractivity contribution in [2.45, 2.75) is 38.0 Å². The van der Waals surface area contributed by atoms with Gasteiger partial charge in [-0.15, -0.1) is 0 Å². The second-order valence-electron chi connectivity index (χ2n) is 10.5. The van der Waals surface area contributed by atoms with Crippen molar-refractivity contribution in [2.24, 2.45) is 0 Å². The SMILES string of the molecule is Cc1cc(F)ccc1Oc1cc(C2CC2)c(C(F)(F)F)cc1C(=O)Nc1ccc(F)c(OCC(O)CNc2ccccc2)c1. The quantitative estimate of drug-likeness (QED) is 0.149. The zero-order valence-electron chi connectivity index (χ0n) is 23.6. The summed E-state index contributed by atoms with van der Waals surface area (Å²) in [6.45, 7) is 1.41. The lowest BCUT2D eigenvalue weighted by Crippen LogP contribution is -2.26. The number of anilines is 2. The van der Waals surface area contributed by atoms with Crippen molar-refractivity contribution in [1.29, 1.82) is 0 Å². The summed E-state index contributed by atoms with van der Waals surface area (Å²) in [6, 6.07) is 18.2. The van der Waals surface area contributed by atoms with E-state index in [1.165, 1.54) is 30.3 Å². The van der Waals surface area contributed by atoms with Gasteiger partial charge in [0.15, 0.2) is 11.6 Å². The minimum absolute atomic E-state index is 0.0154. The van der Waals surface area contributed by atoms with E-state index in [2.05, 4.69) is 10.6 Å². The van der Waals surface area contributed by atoms with Crippen LogP contribution in [0, 0.1) is 18.6 Å². The lowest BCUT2D eigenvalue weighted by molar-refractivity contribution is -0.138. The third-order valence-corrected chi connectivity index (χ3v) is 7.01. The van der Waals surface area contributed by atoms with E-state index in [-0.39, 0.29) is 47.6 Å². The average Bonchev–Trinajstić information content (AvgIpc) is 3.83. The summed E-state index contributed by atoms with van der Waals surface area (Å²) in [5, 5.41) is 15.8. The summed E-state index contributed by atoms with van der Waals surface area (Å²) in [6.07, 6.45) is -4.60. The number of alkyl halides is 3. The highest BCUT2D eigenvalue weighted by atomic mass is 19.4. The van der Waals surface area contributed by atoms with Crippen LogP contribution in [0.2, 0.25) is 0 Å². The third kappa shape index (κ3) is 7.65. The Morgan fingerprint density at radius 1 is 0.932 bits per heavy atom. The normalized spacial score (nSPS) is 13.7. The second kappa shape index (κ2) is 12.9. The predicted octanol–water partition coefficient (Wildman–Crippen LogP) is 8.07. The van der Waals surface area contributed by atoms with Crippen LogP contribution >= 0.6 is 0 Å². The number of hydrogen-bond donors (Lipinski definition) is 3. The molecular weight excluding hydrogens is 583 g/mol. The Hall–Kier alpha value is -4.64. The van der Waals surface area contributed by atoms with Gasteiger partial charge >= 0.3 is 6.18 Å². The van der Waals surface area contributed by atoms with Crippen molar-refractivity contribution in [1.82, 2.24) is 0 Å². The standard InChI is InChI=1S/C33H29F5N2O4/c1-19-13-21(34)9-12-29(19)44-30-16-25(20-7-8-20)27(33(36,37)38)15-26(30)32(42)40-23-10-11-28(35)31(14-23)43-18-24(41)17-39-22-5-3-2-4-6-22/h2-6,9-16,20,24,39,41H,7-8,17-18H2,1H3,(H,40,42). The predicted molar refractivity (Wildman–Crippen MR) is 155 cm³/mol. The number of amides is 1. The molecule has 11 heteroatoms. The van der Waals surface area contributed by atoms with Gasteiger partial charge in [0.05, 0.1) is 11.1 Å². The van der Waals surface area contributed by atoms with Crippen LogP contribution in [0.3, 0.4) is 0 Å². The van der Waals surface area contributed by atoms with Crippen LogP contribution < -0.4 is 20.1 Å². The number of carbonyl (C=O) groups excluding carboxylic acids is 1. The van der Waals surface area contributed by atoms with Crippen molar-refractivity contribution in [3.8, 4) is 17.2 Å². The first kappa shape index (κ1) is 30.8. The molecule has 1 saturated carbocycles. The number of halogens is 5. The number of aliphatic hydroxyl groups excluding tert-OH is 1. The fraction of sp³-hybridized carbons (Fsp3) is 0.242. The van der Waals surface area contributed by atoms with E-state index in [0.717, 1.165) is 23.9 Å². The fourth-order valence-electron chi connectivity index (χ4n) is 4.61. The Balaban J connectivity index is 1.37. The maximum absolute atomic E-state index is 14.5. The average molecular weight is 613 g/mol. The molecule has 3 N–H and O–H groups in total. The van der Waals surface area contributed by atoms with Crippen molar-refractivity contribution < 1.29 is 41.3 Å². The van der Waals surface area contributed by atoms with Gasteiger partial charge in [-0.2, -0.15) is 13.2 Å². The largest absolute Gasteiger partial charge is 0.488 e. The van der Waals surface area contributed by atoms with Crippen LogP contribution in [0.1, 0.15) is 45.8 Å². The van der Waals surface area contributed by atoms with Gasteiger partial charge in [-0.05, 0) is 91.4 Å². The van der Waals surface area contributed by atoms with E-state index in [4.69, 9.17) is 9.47 Å². The van der Waals surface area contributed by atoms with E-state index < -0.39 is 40.9 Å². The van der Waals surface area contributed by atoms with Crippen molar-refractivity contribution in [3.63, 3.8) is 0 Å². The zero-order valence-corrected chi connectivity index (χ0v) is 23.6. The Kier molecular flexibility index (Phi) is 9.05. The molecule has 0 radical (unpaired) electrons. The molecule has 1 atom stereocenters. The maximum atomic E-state index is 14.5. The molecule has 4 aromatic carbocycles. The zero-order chi connectivity index (χ0) is 31.4. The number of rotatable bonds is 11. The van der Waals surface area contributed by atoms with Crippen LogP contribution in [-0.4, -0.2) is 30.3 Å². The highest BCUT2D eigenvalue weighted by molar-refractivity contribution is 6.06. The molecule has 4 aromatic rings. The van der Waals surface area contributed by atoms with Gasteiger partial charge in [0.2, 0.25) is 0 Å². The lowest BCUT2D eigenvalue weighted by Gasteiger charge is -2.19. The third-order valence-electron chi connectivity index (χ3n) is 7.01. The number of carbonyl (C=O) groups is 1. The molecule has 1 unspecified atom stereocenters. The number of ether oxygens (including phenoxy) is 2. The van der Waals surface area contributed by atoms with Gasteiger partial charge in [0, 0.05) is 24.0 Å². The molecule has 1 aliphatic rings. The van der Waals surface area contributed by atoms with Crippen LogP contribution in [0.5, 0.6) is 17.2 Å². The van der Waals surface area contributed by atoms with Gasteiger partial charge in [0.1, 0.15) is 30.0 Å². The molecular formula is C33H29F5N2O4. The molecule has 5 rings (SSSR count). The summed E-state index contributed by atoms with van der Waals surface area (Å²) >= 11 is 0. The lowest BCUT2D eigenvalue weighted by atomic mass is 9.98. The number of benzene rings is 4. The number of hydrogen-bond acceptors (Lipinski definition) is 5. The summed E-state index contributed by atoms with van der Waals surface area (Å²) in [5.74, 6) is -2.81. The monoisotopic (exact) mass is 612 g/mol. The van der Waals surface area contributed by atoms with Crippen LogP contribution in [0.25, 0.3) is 0 Å². The number of aryl methyl sites for hydroxylation is 1. The Bertz CT molecular complexity index is 1640. The van der Waals surface area contributed by atoms with E-state index >= 15 is 0 Å². The van der Waals surface area contributed by atoms with Gasteiger partial charge < -0.3 is 25.2 Å². The van der Waals surface area contributed by atoms with Crippen molar-refractivity contribution >= 4 is 17.3 Å². The van der Waals surface area contributed by atoms with Gasteiger partial charge in [-0.3, -0.25) is 4.79 Å². The maximum Gasteiger partial charge on any atom is 0.416 e. The summed E-state index contributed by atoms with van der Waals surface area (Å²) in [7, 11) is 0. The van der Waals surface area contributed by atoms with E-state index in [9.17, 15) is 31.9 Å². The number of para-hydroxylation sites is 1. The second-order valence-corrected chi connectivity index (χ2v) is 10.5. The molecule has 0 spiro atoms. The first-order valence-electron chi connectivity index (χ1n) is 13.9. The molecule has 0 aliphatic heterocycles. The minimum Gasteiger partial charge on any atom is -0.488 e. The molecule has 230 valence electrons. The molecule has 0 bridgehead atoms. The van der Waals surface area contributed by atoms with Crippen LogP contribution in [-0.2, 0) is 6.18 Å². The minimum atomic E-state index is -4.73. The Labute approximate surface area is 250 Å². The summed E-state index contributed by atoms with van der Waals surface area (Å²) in [4.78, 5) is 13.4. The molecule has 1 amide bonds. The fourth-order valence-corrected chi connectivity index (χ4v) is 4.61. The Morgan fingerprint density at radius 2 is 1.68 bits per heavy atom. The van der Waals surface area contributed by atoms with Crippen LogP contribution in [0.4, 0.5) is 33.3 Å². The number of aliphatic hydroxyl groups is 1.